The van der Waals surface area contributed by atoms with Gasteiger partial charge >= 0.3 is 5.69 Å². The van der Waals surface area contributed by atoms with Crippen LogP contribution in [0.5, 0.6) is 11.5 Å². The Balaban J connectivity index is 1.50. The summed E-state index contributed by atoms with van der Waals surface area (Å²) in [7, 11) is 2.78. The first kappa shape index (κ1) is 63.0. The summed E-state index contributed by atoms with van der Waals surface area (Å²) in [5.41, 5.74) is 0.126. The number of carbonyl (C=O) groups is 7. The van der Waals surface area contributed by atoms with E-state index in [9.17, 15) is 48.7 Å². The van der Waals surface area contributed by atoms with E-state index in [-0.39, 0.29) is 61.9 Å². The molecule has 0 radical (unpaired) electrons. The molecule has 1 aromatic heterocycles. The predicted molar refractivity (Wildman–Crippen MR) is 305 cm³/mol. The first-order valence-electron chi connectivity index (χ1n) is 27.6. The van der Waals surface area contributed by atoms with Crippen LogP contribution < -0.4 is 26.0 Å². The van der Waals surface area contributed by atoms with Gasteiger partial charge in [0.2, 0.25) is 41.4 Å². The van der Waals surface area contributed by atoms with E-state index in [2.05, 4.69) is 21.3 Å². The van der Waals surface area contributed by atoms with Crippen molar-refractivity contribution in [2.45, 2.75) is 155 Å². The molecular formula is C60H78FN9O12. The predicted octanol–water partition coefficient (Wildman–Crippen LogP) is 5.54. The van der Waals surface area contributed by atoms with Gasteiger partial charge in [-0.2, -0.15) is 0 Å². The topological polar surface area (TPSA) is 275 Å². The van der Waals surface area contributed by atoms with Crippen molar-refractivity contribution in [2.24, 2.45) is 11.8 Å². The molecule has 2 aliphatic rings. The molecule has 442 valence electrons. The zero-order valence-corrected chi connectivity index (χ0v) is 48.5. The number of hydrogen-bond acceptors (Lipinski definition) is 12. The molecule has 1 fully saturated rings. The minimum atomic E-state index is -1.56. The number of carbonyl (C=O) groups excluding carboxylic acids is 7. The van der Waals surface area contributed by atoms with Crippen LogP contribution in [0.25, 0.3) is 10.9 Å². The molecule has 8 atom stereocenters. The molecule has 21 nitrogen and oxygen atoms in total. The molecule has 4 aromatic rings. The quantitative estimate of drug-likeness (QED) is 0.0458. The van der Waals surface area contributed by atoms with Crippen LogP contribution in [0.3, 0.4) is 0 Å². The number of nitrogens with one attached hydrogen (secondary N) is 4. The van der Waals surface area contributed by atoms with E-state index in [1.807, 2.05) is 39.8 Å². The molecule has 3 heterocycles. The zero-order valence-electron chi connectivity index (χ0n) is 48.5. The largest absolute Gasteiger partial charge is 0.502 e. The fourth-order valence-corrected chi connectivity index (χ4v) is 10.4. The van der Waals surface area contributed by atoms with Gasteiger partial charge in [-0.05, 0) is 108 Å². The first-order valence-corrected chi connectivity index (χ1v) is 27.6. The minimum Gasteiger partial charge on any atom is -0.502 e. The fourth-order valence-electron chi connectivity index (χ4n) is 10.4. The molecule has 3 aromatic carbocycles. The highest BCUT2D eigenvalue weighted by Crippen LogP contribution is 2.33. The summed E-state index contributed by atoms with van der Waals surface area (Å²) in [5.74, 6) is -6.98. The van der Waals surface area contributed by atoms with Gasteiger partial charge in [0.1, 0.15) is 55.0 Å². The van der Waals surface area contributed by atoms with Gasteiger partial charge in [0.05, 0.1) is 10.5 Å². The highest BCUT2D eigenvalue weighted by molar-refractivity contribution is 5.99. The number of amides is 7. The second kappa shape index (κ2) is 27.1. The molecule has 6 N–H and O–H groups in total. The summed E-state index contributed by atoms with van der Waals surface area (Å²) < 4.78 is 22.2. The van der Waals surface area contributed by atoms with Crippen molar-refractivity contribution in [3.05, 3.63) is 124 Å². The number of aliphatic hydroxyl groups excluding tert-OH is 1. The summed E-state index contributed by atoms with van der Waals surface area (Å²) in [6.07, 6.45) is 5.00. The van der Waals surface area contributed by atoms with Gasteiger partial charge in [-0.15, -0.1) is 0 Å². The molecule has 22 heteroatoms. The van der Waals surface area contributed by atoms with E-state index < -0.39 is 124 Å². The van der Waals surface area contributed by atoms with Gasteiger partial charge in [0, 0.05) is 56.3 Å². The Morgan fingerprint density at radius 2 is 1.40 bits per heavy atom. The molecular weight excluding hydrogens is 1060 g/mol. The molecule has 2 aliphatic heterocycles. The van der Waals surface area contributed by atoms with Crippen LogP contribution in [0.4, 0.5) is 10.1 Å². The summed E-state index contributed by atoms with van der Waals surface area (Å²) in [5, 5.41) is 45.8. The molecule has 0 spiro atoms. The van der Waals surface area contributed by atoms with Crippen molar-refractivity contribution in [2.75, 3.05) is 20.7 Å². The van der Waals surface area contributed by atoms with Gasteiger partial charge in [-0.3, -0.25) is 43.7 Å². The Labute approximate surface area is 477 Å². The summed E-state index contributed by atoms with van der Waals surface area (Å²) in [6.45, 7) is 15.5. The Morgan fingerprint density at radius 1 is 0.793 bits per heavy atom. The van der Waals surface area contributed by atoms with Crippen molar-refractivity contribution < 1.29 is 57.8 Å². The van der Waals surface area contributed by atoms with E-state index in [1.54, 1.807) is 75.0 Å². The molecule has 82 heavy (non-hydrogen) atoms. The van der Waals surface area contributed by atoms with Crippen molar-refractivity contribution in [3.8, 4) is 11.5 Å². The lowest BCUT2D eigenvalue weighted by molar-refractivity contribution is -0.385. The fraction of sp³-hybridized carbons (Fsp3) is 0.483. The number of likely N-dealkylation sites (N-methyl/N-ethyl adjacent to an activating group) is 2. The monoisotopic (exact) mass is 1140 g/mol. The lowest BCUT2D eigenvalue weighted by atomic mass is 9.95. The molecule has 7 amide bonds. The standard InChI is InChI=1S/C60H78FN9O12/c1-12-13-20-42-53(73)65-44(30-39-32-69(45-21-16-14-18-40(39)45)60(8,9)52(72)33-82-51-22-17-15-19-41(51)61)58(78)66(10)47(25-34(2)3)55(75)64-43(28-38-23-24-50(71)46(29-38)70(80)81)54(74)62-37(7)57(77)67(11)49-27-36(6)31-68(59(49)79)48(26-35(4)5)56(76)63-42/h12-19,21-24,29,31-32,34-35,37,42-44,47-49,52,71-72H,20,25-28,30,33H2,1-11H3,(H,62,74)(H,63,76)(H,64,75)(H,65,73)/b13-12+/t37-,42-,43-,44-,47-,48-,49-,52?/m0/s1. The lowest BCUT2D eigenvalue weighted by Gasteiger charge is -2.39. The molecule has 2 bridgehead atoms. The molecule has 1 unspecified atom stereocenters. The van der Waals surface area contributed by atoms with E-state index in [4.69, 9.17) is 4.74 Å². The number of fused-ring (bicyclic) bond motifs is 3. The average Bonchev–Trinajstić information content (AvgIpc) is 3.03. The molecule has 6 rings (SSSR count). The molecule has 0 saturated carbocycles. The highest BCUT2D eigenvalue weighted by atomic mass is 19.1. The SMILES string of the molecule is C/C=C/C[C@@H]1NC(=O)[C@H](CC(C)C)N2C=C(C)C[C@@H](C2=O)N(C)C(=O)[C@H](C)NC(=O)[C@H](Cc2ccc(O)c([N+](=O)[O-])c2)NC(=O)[C@H](CC(C)C)N(C)C(=O)[C@H](Cc2cn(C(C)(C)C(O)COc3ccccc3F)c3ccccc23)NC1=O. The maximum atomic E-state index is 15.5. The number of halogens is 1. The molecule has 0 aliphatic carbocycles. The number of nitro benzene ring substituents is 1. The van der Waals surface area contributed by atoms with E-state index in [0.29, 0.717) is 22.0 Å². The van der Waals surface area contributed by atoms with E-state index in [1.165, 1.54) is 60.0 Å². The lowest BCUT2D eigenvalue weighted by Crippen LogP contribution is -2.60. The highest BCUT2D eigenvalue weighted by Gasteiger charge is 2.43. The van der Waals surface area contributed by atoms with Crippen LogP contribution >= 0.6 is 0 Å². The maximum Gasteiger partial charge on any atom is 0.310 e. The number of ether oxygens (including phenoxy) is 1. The maximum absolute atomic E-state index is 15.5. The van der Waals surface area contributed by atoms with Crippen LogP contribution in [-0.4, -0.2) is 145 Å². The number of phenolic OH excluding ortho intramolecular Hbond substituents is 1. The number of benzene rings is 3. The van der Waals surface area contributed by atoms with Crippen LogP contribution in [0, 0.1) is 27.8 Å². The number of phenols is 1. The number of aromatic nitrogens is 1. The normalized spacial score (nSPS) is 22.7. The Bertz CT molecular complexity index is 3100. The number of rotatable bonds is 16. The number of hydrogen-bond donors (Lipinski definition) is 6. The Hall–Kier alpha value is -8.14. The van der Waals surface area contributed by atoms with Gasteiger partial charge < -0.3 is 55.5 Å². The second-order valence-corrected chi connectivity index (χ2v) is 22.8. The third kappa shape index (κ3) is 14.9. The zero-order chi connectivity index (χ0) is 60.5. The van der Waals surface area contributed by atoms with Crippen molar-refractivity contribution in [3.63, 3.8) is 0 Å². The number of aromatic hydroxyl groups is 1. The van der Waals surface area contributed by atoms with Gasteiger partial charge in [-0.1, -0.05) is 81.8 Å². The van der Waals surface area contributed by atoms with Crippen molar-refractivity contribution in [1.82, 2.24) is 40.5 Å². The number of aliphatic hydroxyl groups is 1. The minimum absolute atomic E-state index is 0.0182. The van der Waals surface area contributed by atoms with Crippen LogP contribution in [0.2, 0.25) is 0 Å². The Kier molecular flexibility index (Phi) is 20.8. The second-order valence-electron chi connectivity index (χ2n) is 22.8. The van der Waals surface area contributed by atoms with Gasteiger partial charge in [0.15, 0.2) is 17.3 Å². The number of nitro groups is 1. The third-order valence-electron chi connectivity index (χ3n) is 15.2. The number of para-hydroxylation sites is 2. The Morgan fingerprint density at radius 3 is 2.06 bits per heavy atom. The number of allylic oxidation sites excluding steroid dienone is 1. The third-order valence-corrected chi connectivity index (χ3v) is 15.2. The van der Waals surface area contributed by atoms with Crippen molar-refractivity contribution in [1.29, 1.82) is 0 Å². The first-order chi connectivity index (χ1) is 38.6. The summed E-state index contributed by atoms with van der Waals surface area (Å²) in [4.78, 5) is 119. The molecule has 1 saturated heterocycles. The summed E-state index contributed by atoms with van der Waals surface area (Å²) >= 11 is 0. The average molecular weight is 1140 g/mol. The van der Waals surface area contributed by atoms with Gasteiger partial charge in [0.25, 0.3) is 0 Å². The van der Waals surface area contributed by atoms with E-state index in [0.717, 1.165) is 12.1 Å². The van der Waals surface area contributed by atoms with Gasteiger partial charge in [-0.25, -0.2) is 4.39 Å². The van der Waals surface area contributed by atoms with Crippen LogP contribution in [0.1, 0.15) is 99.1 Å². The van der Waals surface area contributed by atoms with E-state index >= 15 is 9.59 Å². The summed E-state index contributed by atoms with van der Waals surface area (Å²) in [6, 6.07) is 7.13. The smallest absolute Gasteiger partial charge is 0.310 e. The van der Waals surface area contributed by atoms with Crippen LogP contribution in [0.15, 0.2) is 96.9 Å². The number of nitrogens with zero attached hydrogens (tertiary/aromatic N) is 5. The van der Waals surface area contributed by atoms with Crippen LogP contribution in [-0.2, 0) is 51.9 Å². The van der Waals surface area contributed by atoms with Crippen molar-refractivity contribution >= 4 is 57.9 Å².